The molecular formula is C27H20O2. The topological polar surface area (TPSA) is 33.4 Å². The molecule has 4 aromatic carbocycles. The second-order valence-electron chi connectivity index (χ2n) is 8.37. The van der Waals surface area contributed by atoms with E-state index < -0.39 is 0 Å². The Morgan fingerprint density at radius 1 is 0.759 bits per heavy atom. The number of rotatable bonds is 1. The van der Waals surface area contributed by atoms with Crippen LogP contribution < -0.4 is 0 Å². The molecule has 0 saturated carbocycles. The van der Waals surface area contributed by atoms with Crippen LogP contribution in [-0.4, -0.2) is 5.11 Å². The lowest BCUT2D eigenvalue weighted by Crippen LogP contribution is -2.15. The lowest BCUT2D eigenvalue weighted by molar-refractivity contribution is 0.473. The number of para-hydroxylation sites is 1. The normalized spacial score (nSPS) is 14.3. The second kappa shape index (κ2) is 5.51. The fourth-order valence-electron chi connectivity index (χ4n) is 4.92. The Labute approximate surface area is 169 Å². The fraction of sp³-hybridized carbons (Fsp3) is 0.111. The first-order valence-electron chi connectivity index (χ1n) is 9.94. The van der Waals surface area contributed by atoms with Crippen LogP contribution in [0.5, 0.6) is 5.75 Å². The molecule has 0 atom stereocenters. The third-order valence-electron chi connectivity index (χ3n) is 6.35. The molecule has 0 fully saturated rings. The zero-order valence-electron chi connectivity index (χ0n) is 16.4. The van der Waals surface area contributed by atoms with E-state index in [0.717, 1.165) is 38.6 Å². The van der Waals surface area contributed by atoms with Gasteiger partial charge in [-0.05, 0) is 52.1 Å². The van der Waals surface area contributed by atoms with E-state index in [1.807, 2.05) is 30.3 Å². The van der Waals surface area contributed by atoms with Gasteiger partial charge in [-0.25, -0.2) is 0 Å². The van der Waals surface area contributed by atoms with Gasteiger partial charge in [-0.2, -0.15) is 0 Å². The lowest BCUT2D eigenvalue weighted by Gasteiger charge is -2.22. The minimum atomic E-state index is -0.222. The maximum atomic E-state index is 10.1. The molecule has 1 aliphatic rings. The number of hydrogen-bond acceptors (Lipinski definition) is 2. The maximum absolute atomic E-state index is 10.1. The second-order valence-corrected chi connectivity index (χ2v) is 8.37. The van der Waals surface area contributed by atoms with E-state index in [2.05, 4.69) is 56.3 Å². The molecular weight excluding hydrogens is 356 g/mol. The summed E-state index contributed by atoms with van der Waals surface area (Å²) >= 11 is 0. The first-order chi connectivity index (χ1) is 14.1. The van der Waals surface area contributed by atoms with E-state index in [-0.39, 0.29) is 5.41 Å². The van der Waals surface area contributed by atoms with Crippen molar-refractivity contribution in [2.24, 2.45) is 0 Å². The van der Waals surface area contributed by atoms with Crippen LogP contribution in [0.15, 0.2) is 83.3 Å². The average Bonchev–Trinajstić information content (AvgIpc) is 3.22. The lowest BCUT2D eigenvalue weighted by atomic mass is 9.81. The Morgan fingerprint density at radius 3 is 2.34 bits per heavy atom. The van der Waals surface area contributed by atoms with Crippen molar-refractivity contribution >= 4 is 21.9 Å². The molecule has 6 rings (SSSR count). The maximum Gasteiger partial charge on any atom is 0.144 e. The molecule has 0 aliphatic heterocycles. The predicted molar refractivity (Wildman–Crippen MR) is 118 cm³/mol. The molecule has 2 heteroatoms. The Morgan fingerprint density at radius 2 is 1.52 bits per heavy atom. The summed E-state index contributed by atoms with van der Waals surface area (Å²) in [6.07, 6.45) is 0. The van der Waals surface area contributed by atoms with Gasteiger partial charge < -0.3 is 9.52 Å². The van der Waals surface area contributed by atoms with Crippen LogP contribution in [0.25, 0.3) is 44.2 Å². The highest BCUT2D eigenvalue weighted by Gasteiger charge is 2.39. The Kier molecular flexibility index (Phi) is 3.12. The van der Waals surface area contributed by atoms with E-state index in [9.17, 15) is 5.11 Å². The summed E-state index contributed by atoms with van der Waals surface area (Å²) in [4.78, 5) is 0. The van der Waals surface area contributed by atoms with Crippen molar-refractivity contribution < 1.29 is 9.52 Å². The van der Waals surface area contributed by atoms with Crippen LogP contribution in [0.1, 0.15) is 25.0 Å². The molecule has 0 spiro atoms. The molecule has 1 N–H and O–H groups in total. The van der Waals surface area contributed by atoms with Crippen molar-refractivity contribution in [3.63, 3.8) is 0 Å². The van der Waals surface area contributed by atoms with E-state index >= 15 is 0 Å². The van der Waals surface area contributed by atoms with Crippen LogP contribution in [0.3, 0.4) is 0 Å². The molecule has 5 aromatic rings. The Hall–Kier alpha value is -3.52. The van der Waals surface area contributed by atoms with Gasteiger partial charge in [0.25, 0.3) is 0 Å². The number of furan rings is 1. The number of benzene rings is 4. The summed E-state index contributed by atoms with van der Waals surface area (Å²) in [5.74, 6) is 0.300. The van der Waals surface area contributed by atoms with Crippen molar-refractivity contribution in [3.05, 3.63) is 90.0 Å². The first-order valence-corrected chi connectivity index (χ1v) is 9.94. The van der Waals surface area contributed by atoms with Gasteiger partial charge in [0.2, 0.25) is 0 Å². The SMILES string of the molecule is CC1(C)c2cc(O)ccc2-c2c1cc(-c1ccccc1)c1c2oc2ccccc21. The highest BCUT2D eigenvalue weighted by Crippen LogP contribution is 2.55. The number of phenolic OH excluding ortho intramolecular Hbond substituents is 1. The van der Waals surface area contributed by atoms with Gasteiger partial charge in [0.15, 0.2) is 0 Å². The van der Waals surface area contributed by atoms with Gasteiger partial charge in [-0.15, -0.1) is 0 Å². The third-order valence-corrected chi connectivity index (χ3v) is 6.35. The van der Waals surface area contributed by atoms with Gasteiger partial charge in [0.05, 0.1) is 0 Å². The van der Waals surface area contributed by atoms with Gasteiger partial charge in [0.1, 0.15) is 16.9 Å². The van der Waals surface area contributed by atoms with E-state index in [1.165, 1.54) is 16.7 Å². The van der Waals surface area contributed by atoms with Crippen LogP contribution >= 0.6 is 0 Å². The van der Waals surface area contributed by atoms with Crippen molar-refractivity contribution in [3.8, 4) is 28.0 Å². The van der Waals surface area contributed by atoms with Crippen molar-refractivity contribution in [1.29, 1.82) is 0 Å². The molecule has 0 bridgehead atoms. The Balaban J connectivity index is 1.84. The smallest absolute Gasteiger partial charge is 0.144 e. The van der Waals surface area contributed by atoms with E-state index in [1.54, 1.807) is 6.07 Å². The summed E-state index contributed by atoms with van der Waals surface area (Å²) in [7, 11) is 0. The number of hydrogen-bond donors (Lipinski definition) is 1. The van der Waals surface area contributed by atoms with Crippen LogP contribution in [0.4, 0.5) is 0 Å². The summed E-state index contributed by atoms with van der Waals surface area (Å²) in [6, 6.07) is 26.8. The number of aromatic hydroxyl groups is 1. The van der Waals surface area contributed by atoms with Crippen LogP contribution in [-0.2, 0) is 5.41 Å². The van der Waals surface area contributed by atoms with Crippen LogP contribution in [0.2, 0.25) is 0 Å². The largest absolute Gasteiger partial charge is 0.508 e. The zero-order chi connectivity index (χ0) is 19.8. The molecule has 140 valence electrons. The zero-order valence-corrected chi connectivity index (χ0v) is 16.4. The van der Waals surface area contributed by atoms with Gasteiger partial charge in [-0.1, -0.05) is 68.4 Å². The summed E-state index contributed by atoms with van der Waals surface area (Å²) in [5.41, 5.74) is 8.65. The summed E-state index contributed by atoms with van der Waals surface area (Å²) in [5, 5.41) is 12.4. The molecule has 1 heterocycles. The average molecular weight is 376 g/mol. The van der Waals surface area contributed by atoms with Crippen molar-refractivity contribution in [2.75, 3.05) is 0 Å². The first kappa shape index (κ1) is 16.4. The number of fused-ring (bicyclic) bond motifs is 7. The minimum Gasteiger partial charge on any atom is -0.508 e. The quantitative estimate of drug-likeness (QED) is 0.334. The van der Waals surface area contributed by atoms with Gasteiger partial charge >= 0.3 is 0 Å². The molecule has 1 aromatic heterocycles. The third kappa shape index (κ3) is 2.11. The summed E-state index contributed by atoms with van der Waals surface area (Å²) < 4.78 is 6.48. The standard InChI is InChI=1S/C27H20O2/c1-27(2)21-14-17(28)12-13-18(21)25-22(27)15-20(16-8-4-3-5-9-16)24-19-10-6-7-11-23(19)29-26(24)25/h3-15,28H,1-2H3. The Bertz CT molecular complexity index is 1420. The fourth-order valence-corrected chi connectivity index (χ4v) is 4.92. The van der Waals surface area contributed by atoms with Crippen LogP contribution in [0, 0.1) is 0 Å². The van der Waals surface area contributed by atoms with Crippen molar-refractivity contribution in [2.45, 2.75) is 19.3 Å². The highest BCUT2D eigenvalue weighted by molar-refractivity contribution is 6.18. The molecule has 0 saturated heterocycles. The van der Waals surface area contributed by atoms with E-state index in [0.29, 0.717) is 5.75 Å². The van der Waals surface area contributed by atoms with Crippen molar-refractivity contribution in [1.82, 2.24) is 0 Å². The van der Waals surface area contributed by atoms with Gasteiger partial charge in [-0.3, -0.25) is 0 Å². The summed E-state index contributed by atoms with van der Waals surface area (Å²) in [6.45, 7) is 4.45. The van der Waals surface area contributed by atoms with E-state index in [4.69, 9.17) is 4.42 Å². The molecule has 2 nitrogen and oxygen atoms in total. The molecule has 0 amide bonds. The molecule has 0 radical (unpaired) electrons. The molecule has 0 unspecified atom stereocenters. The molecule has 1 aliphatic carbocycles. The predicted octanol–water partition coefficient (Wildman–Crippen LogP) is 7.26. The van der Waals surface area contributed by atoms with Gasteiger partial charge in [0, 0.05) is 21.8 Å². The minimum absolute atomic E-state index is 0.222. The molecule has 29 heavy (non-hydrogen) atoms. The monoisotopic (exact) mass is 376 g/mol. The highest BCUT2D eigenvalue weighted by atomic mass is 16.3. The number of phenols is 1.